The fraction of sp³-hybridized carbons (Fsp3) is 0.111. The van der Waals surface area contributed by atoms with E-state index >= 15 is 0 Å². The highest BCUT2D eigenvalue weighted by Crippen LogP contribution is 2.26. The van der Waals surface area contributed by atoms with Crippen LogP contribution in [-0.4, -0.2) is 24.1 Å². The molecule has 0 aliphatic heterocycles. The molecular weight excluding hydrogens is 335 g/mol. The summed E-state index contributed by atoms with van der Waals surface area (Å²) >= 11 is 0. The molecule has 0 spiro atoms. The van der Waals surface area contributed by atoms with Gasteiger partial charge >= 0.3 is 0 Å². The molecule has 8 heteroatoms. The summed E-state index contributed by atoms with van der Waals surface area (Å²) in [5, 5.41) is 6.02. The summed E-state index contributed by atoms with van der Waals surface area (Å²) in [6.07, 6.45) is 1.12. The van der Waals surface area contributed by atoms with Crippen LogP contribution in [0.1, 0.15) is 0 Å². The Balaban J connectivity index is 1.84. The second kappa shape index (κ2) is 8.13. The van der Waals surface area contributed by atoms with Crippen LogP contribution in [0.4, 0.5) is 33.2 Å². The number of methoxy groups -OCH3 is 1. The summed E-state index contributed by atoms with van der Waals surface area (Å²) in [7, 11) is 3.34. The highest BCUT2D eigenvalue weighted by molar-refractivity contribution is 5.73. The molecule has 0 bridgehead atoms. The third kappa shape index (κ3) is 4.17. The Hall–Kier alpha value is -3.39. The van der Waals surface area contributed by atoms with Crippen molar-refractivity contribution in [3.8, 4) is 5.75 Å². The predicted octanol–water partition coefficient (Wildman–Crippen LogP) is 3.66. The minimum Gasteiger partial charge on any atom is -0.497 e. The fourth-order valence-electron chi connectivity index (χ4n) is 2.31. The molecule has 1 aromatic heterocycles. The molecule has 1 heterocycles. The molecule has 134 valence electrons. The highest BCUT2D eigenvalue weighted by atomic mass is 19.1. The maximum absolute atomic E-state index is 14.2. The number of anilines is 5. The predicted molar refractivity (Wildman–Crippen MR) is 101 cm³/mol. The molecule has 3 rings (SSSR count). The first kappa shape index (κ1) is 17.4. The van der Waals surface area contributed by atoms with E-state index in [0.717, 1.165) is 17.6 Å². The van der Waals surface area contributed by atoms with Crippen LogP contribution in [0.15, 0.2) is 54.7 Å². The number of benzene rings is 2. The van der Waals surface area contributed by atoms with Gasteiger partial charge in [0.2, 0.25) is 5.95 Å². The lowest BCUT2D eigenvalue weighted by Crippen LogP contribution is -2.16. The van der Waals surface area contributed by atoms with E-state index in [2.05, 4.69) is 31.5 Å². The molecular formula is C18H19FN6O. The van der Waals surface area contributed by atoms with Gasteiger partial charge in [-0.05, 0) is 24.3 Å². The fourth-order valence-corrected chi connectivity index (χ4v) is 2.31. The molecule has 26 heavy (non-hydrogen) atoms. The Labute approximate surface area is 150 Å². The minimum absolute atomic E-state index is 0.0655. The van der Waals surface area contributed by atoms with Crippen molar-refractivity contribution in [1.29, 1.82) is 0 Å². The van der Waals surface area contributed by atoms with Crippen molar-refractivity contribution < 1.29 is 9.13 Å². The molecule has 0 atom stereocenters. The van der Waals surface area contributed by atoms with Crippen molar-refractivity contribution in [3.63, 3.8) is 0 Å². The molecule has 0 saturated carbocycles. The van der Waals surface area contributed by atoms with Crippen LogP contribution in [0.25, 0.3) is 0 Å². The second-order valence-electron chi connectivity index (χ2n) is 5.29. The number of nitrogens with zero attached hydrogens (tertiary/aromatic N) is 2. The quantitative estimate of drug-likeness (QED) is 0.482. The number of ether oxygens (including phenoxy) is 1. The molecule has 7 nitrogen and oxygen atoms in total. The summed E-state index contributed by atoms with van der Waals surface area (Å²) < 4.78 is 19.3. The van der Waals surface area contributed by atoms with Crippen LogP contribution in [-0.2, 0) is 0 Å². The number of para-hydroxylation sites is 2. The van der Waals surface area contributed by atoms with Crippen LogP contribution < -0.4 is 26.2 Å². The maximum atomic E-state index is 14.2. The molecule has 0 unspecified atom stereocenters. The van der Waals surface area contributed by atoms with E-state index in [9.17, 15) is 4.39 Å². The summed E-state index contributed by atoms with van der Waals surface area (Å²) in [6.45, 7) is 0. The zero-order chi connectivity index (χ0) is 18.4. The van der Waals surface area contributed by atoms with Crippen LogP contribution in [0.3, 0.4) is 0 Å². The Morgan fingerprint density at radius 2 is 1.81 bits per heavy atom. The smallest absolute Gasteiger partial charge is 0.229 e. The van der Waals surface area contributed by atoms with Gasteiger partial charge in [-0.15, -0.1) is 0 Å². The lowest BCUT2D eigenvalue weighted by Gasteiger charge is -2.14. The maximum Gasteiger partial charge on any atom is 0.229 e. The lowest BCUT2D eigenvalue weighted by molar-refractivity contribution is 0.415. The van der Waals surface area contributed by atoms with E-state index in [-0.39, 0.29) is 11.8 Å². The van der Waals surface area contributed by atoms with Crippen molar-refractivity contribution in [1.82, 2.24) is 15.4 Å². The topological polar surface area (TPSA) is 83.1 Å². The third-order valence-electron chi connectivity index (χ3n) is 3.51. The number of rotatable bonds is 7. The van der Waals surface area contributed by atoms with E-state index in [1.807, 2.05) is 42.5 Å². The minimum atomic E-state index is -0.555. The Morgan fingerprint density at radius 3 is 2.58 bits per heavy atom. The Kier molecular flexibility index (Phi) is 5.45. The second-order valence-corrected chi connectivity index (χ2v) is 5.29. The van der Waals surface area contributed by atoms with E-state index < -0.39 is 5.82 Å². The van der Waals surface area contributed by atoms with E-state index in [0.29, 0.717) is 11.4 Å². The van der Waals surface area contributed by atoms with Gasteiger partial charge in [-0.1, -0.05) is 18.2 Å². The summed E-state index contributed by atoms with van der Waals surface area (Å²) in [5.41, 5.74) is 7.98. The highest BCUT2D eigenvalue weighted by Gasteiger charge is 2.10. The monoisotopic (exact) mass is 354 g/mol. The van der Waals surface area contributed by atoms with Crippen LogP contribution in [0.5, 0.6) is 5.75 Å². The first-order valence-electron chi connectivity index (χ1n) is 7.92. The number of hydrogen-bond acceptors (Lipinski definition) is 7. The number of aromatic nitrogens is 2. The van der Waals surface area contributed by atoms with Crippen LogP contribution in [0.2, 0.25) is 0 Å². The number of hydrazine groups is 1. The summed E-state index contributed by atoms with van der Waals surface area (Å²) in [4.78, 5) is 8.21. The summed E-state index contributed by atoms with van der Waals surface area (Å²) in [6, 6.07) is 14.7. The first-order valence-corrected chi connectivity index (χ1v) is 7.92. The molecule has 0 radical (unpaired) electrons. The van der Waals surface area contributed by atoms with Crippen molar-refractivity contribution >= 4 is 28.8 Å². The normalized spacial score (nSPS) is 10.3. The van der Waals surface area contributed by atoms with Crippen molar-refractivity contribution in [3.05, 3.63) is 60.5 Å². The zero-order valence-corrected chi connectivity index (χ0v) is 14.4. The molecule has 0 aliphatic rings. The standard InChI is InChI=1S/C18H19FN6O/c1-20-25-16-9-4-3-8-15(16)23-17-14(19)11-21-18(24-17)22-12-6-5-7-13(10-12)26-2/h3-11,20,25H,1-2H3,(H2,21,22,23,24). The van der Waals surface area contributed by atoms with Crippen LogP contribution in [0, 0.1) is 5.82 Å². The molecule has 2 aromatic carbocycles. The van der Waals surface area contributed by atoms with E-state index in [1.165, 1.54) is 0 Å². The number of nitrogens with one attached hydrogen (secondary N) is 4. The largest absolute Gasteiger partial charge is 0.497 e. The van der Waals surface area contributed by atoms with Crippen LogP contribution >= 0.6 is 0 Å². The molecule has 3 aromatic rings. The molecule has 0 aliphatic carbocycles. The third-order valence-corrected chi connectivity index (χ3v) is 3.51. The van der Waals surface area contributed by atoms with Gasteiger partial charge in [-0.2, -0.15) is 4.98 Å². The molecule has 0 fully saturated rings. The average Bonchev–Trinajstić information content (AvgIpc) is 2.66. The van der Waals surface area contributed by atoms with Gasteiger partial charge in [0.1, 0.15) is 5.75 Å². The van der Waals surface area contributed by atoms with Gasteiger partial charge < -0.3 is 20.8 Å². The van der Waals surface area contributed by atoms with E-state index in [4.69, 9.17) is 4.74 Å². The number of hydrogen-bond donors (Lipinski definition) is 4. The summed E-state index contributed by atoms with van der Waals surface area (Å²) in [5.74, 6) is 0.472. The zero-order valence-electron chi connectivity index (χ0n) is 14.4. The van der Waals surface area contributed by atoms with Gasteiger partial charge in [-0.3, -0.25) is 0 Å². The van der Waals surface area contributed by atoms with Gasteiger partial charge in [0, 0.05) is 18.8 Å². The first-order chi connectivity index (χ1) is 12.7. The van der Waals surface area contributed by atoms with Gasteiger partial charge in [0.05, 0.1) is 24.7 Å². The van der Waals surface area contributed by atoms with Gasteiger partial charge in [0.25, 0.3) is 0 Å². The Bertz CT molecular complexity index is 889. The Morgan fingerprint density at radius 1 is 1.00 bits per heavy atom. The van der Waals surface area contributed by atoms with Crippen molar-refractivity contribution in [2.75, 3.05) is 30.2 Å². The van der Waals surface area contributed by atoms with Crippen molar-refractivity contribution in [2.24, 2.45) is 0 Å². The molecule has 4 N–H and O–H groups in total. The number of halogens is 1. The molecule has 0 saturated heterocycles. The van der Waals surface area contributed by atoms with Gasteiger partial charge in [0.15, 0.2) is 11.6 Å². The van der Waals surface area contributed by atoms with E-state index in [1.54, 1.807) is 20.2 Å². The SMILES string of the molecule is CNNc1ccccc1Nc1nc(Nc2cccc(OC)c2)ncc1F. The average molecular weight is 354 g/mol. The lowest BCUT2D eigenvalue weighted by atomic mass is 10.2. The molecule has 0 amide bonds. The van der Waals surface area contributed by atoms with Gasteiger partial charge in [-0.25, -0.2) is 14.8 Å². The van der Waals surface area contributed by atoms with Crippen molar-refractivity contribution in [2.45, 2.75) is 0 Å².